The SMILES string of the molecule is CCC[C@H](NC(=O)[C@@H]1C[C@@H](Oc2cc(-n3cccn3)nc3cc(OC)ccc23)CN1C(=O)[C@@H](NC(=O)NCC(C)(C)C)C(C)(C)C)C(=O)C(=O)NC1CC1. The van der Waals surface area contributed by atoms with Gasteiger partial charge in [0.05, 0.1) is 25.2 Å². The number of carbonyl (C=O) groups is 5. The number of pyridine rings is 1. The fourth-order valence-corrected chi connectivity index (χ4v) is 6.27. The summed E-state index contributed by atoms with van der Waals surface area (Å²) in [6, 6.07) is 5.21. The Morgan fingerprint density at radius 3 is 2.37 bits per heavy atom. The molecule has 292 valence electrons. The molecule has 1 saturated carbocycles. The maximum absolute atomic E-state index is 14.6. The lowest BCUT2D eigenvalue weighted by Gasteiger charge is -2.35. The van der Waals surface area contributed by atoms with Crippen LogP contribution in [0.2, 0.25) is 0 Å². The summed E-state index contributed by atoms with van der Waals surface area (Å²) in [6.45, 7) is 13.7. The number of urea groups is 1. The van der Waals surface area contributed by atoms with Gasteiger partial charge in [-0.2, -0.15) is 5.10 Å². The first kappa shape index (κ1) is 40.0. The van der Waals surface area contributed by atoms with Gasteiger partial charge in [-0.15, -0.1) is 0 Å². The molecule has 5 rings (SSSR count). The van der Waals surface area contributed by atoms with Gasteiger partial charge in [0.15, 0.2) is 5.82 Å². The van der Waals surface area contributed by atoms with E-state index in [2.05, 4.69) is 26.4 Å². The number of carbonyl (C=O) groups excluding carboxylic acids is 5. The van der Waals surface area contributed by atoms with Crippen molar-refractivity contribution in [1.82, 2.24) is 40.9 Å². The minimum absolute atomic E-state index is 0.000418. The van der Waals surface area contributed by atoms with Crippen LogP contribution >= 0.6 is 0 Å². The van der Waals surface area contributed by atoms with Crippen molar-refractivity contribution < 1.29 is 33.4 Å². The van der Waals surface area contributed by atoms with Crippen LogP contribution in [-0.4, -0.2) is 99.7 Å². The highest BCUT2D eigenvalue weighted by Crippen LogP contribution is 2.34. The number of hydrogen-bond donors (Lipinski definition) is 4. The predicted molar refractivity (Wildman–Crippen MR) is 202 cm³/mol. The van der Waals surface area contributed by atoms with E-state index in [0.717, 1.165) is 12.8 Å². The Balaban J connectivity index is 1.47. The zero-order chi connectivity index (χ0) is 39.4. The number of fused-ring (bicyclic) bond motifs is 1. The molecule has 0 spiro atoms. The van der Waals surface area contributed by atoms with Crippen LogP contribution in [0.3, 0.4) is 0 Å². The van der Waals surface area contributed by atoms with Crippen molar-refractivity contribution in [3.8, 4) is 17.3 Å². The number of amides is 5. The van der Waals surface area contributed by atoms with E-state index in [9.17, 15) is 24.0 Å². The average Bonchev–Trinajstić information content (AvgIpc) is 3.55. The molecule has 1 aromatic carbocycles. The van der Waals surface area contributed by atoms with E-state index >= 15 is 0 Å². The van der Waals surface area contributed by atoms with Crippen molar-refractivity contribution in [2.24, 2.45) is 10.8 Å². The number of likely N-dealkylation sites (tertiary alicyclic amines) is 1. The van der Waals surface area contributed by atoms with E-state index in [1.807, 2.05) is 54.5 Å². The number of benzene rings is 1. The van der Waals surface area contributed by atoms with Crippen molar-refractivity contribution in [3.05, 3.63) is 42.7 Å². The Kier molecular flexibility index (Phi) is 12.2. The summed E-state index contributed by atoms with van der Waals surface area (Å²) in [5.41, 5.74) is -0.360. The van der Waals surface area contributed by atoms with Crippen molar-refractivity contribution in [2.75, 3.05) is 20.2 Å². The summed E-state index contributed by atoms with van der Waals surface area (Å²) in [7, 11) is 1.57. The number of ketones is 1. The van der Waals surface area contributed by atoms with Crippen LogP contribution in [0.1, 0.15) is 80.6 Å². The summed E-state index contributed by atoms with van der Waals surface area (Å²) >= 11 is 0. The van der Waals surface area contributed by atoms with Gasteiger partial charge < -0.3 is 35.6 Å². The van der Waals surface area contributed by atoms with Crippen LogP contribution in [-0.2, 0) is 19.2 Å². The summed E-state index contributed by atoms with van der Waals surface area (Å²) in [6.07, 6.45) is 5.18. The number of aromatic nitrogens is 3. The van der Waals surface area contributed by atoms with Crippen LogP contribution in [0.5, 0.6) is 11.5 Å². The highest BCUT2D eigenvalue weighted by atomic mass is 16.5. The normalized spacial score (nSPS) is 18.4. The number of methoxy groups -OCH3 is 1. The molecule has 4 atom stereocenters. The van der Waals surface area contributed by atoms with E-state index in [1.165, 1.54) is 4.90 Å². The topological polar surface area (TPSA) is 186 Å². The van der Waals surface area contributed by atoms with Crippen LogP contribution in [0.4, 0.5) is 4.79 Å². The molecule has 54 heavy (non-hydrogen) atoms. The fourth-order valence-electron chi connectivity index (χ4n) is 6.27. The lowest BCUT2D eigenvalue weighted by Crippen LogP contribution is -2.60. The molecular weight excluding hydrogens is 692 g/mol. The van der Waals surface area contributed by atoms with E-state index in [-0.39, 0.29) is 30.8 Å². The van der Waals surface area contributed by atoms with Gasteiger partial charge in [-0.3, -0.25) is 19.2 Å². The molecule has 2 fully saturated rings. The monoisotopic (exact) mass is 746 g/mol. The van der Waals surface area contributed by atoms with Crippen molar-refractivity contribution in [3.63, 3.8) is 0 Å². The number of hydrogen-bond acceptors (Lipinski definition) is 9. The van der Waals surface area contributed by atoms with Crippen molar-refractivity contribution in [1.29, 1.82) is 0 Å². The first-order valence-electron chi connectivity index (χ1n) is 18.6. The maximum Gasteiger partial charge on any atom is 0.315 e. The largest absolute Gasteiger partial charge is 0.497 e. The van der Waals surface area contributed by atoms with Gasteiger partial charge in [-0.05, 0) is 48.3 Å². The van der Waals surface area contributed by atoms with Crippen molar-refractivity contribution >= 4 is 40.4 Å². The molecule has 0 radical (unpaired) electrons. The quantitative estimate of drug-likeness (QED) is 0.179. The zero-order valence-electron chi connectivity index (χ0n) is 32.5. The first-order chi connectivity index (χ1) is 25.5. The lowest BCUT2D eigenvalue weighted by molar-refractivity contribution is -0.144. The Morgan fingerprint density at radius 1 is 1.02 bits per heavy atom. The Hall–Kier alpha value is -5.21. The predicted octanol–water partition coefficient (Wildman–Crippen LogP) is 3.67. The van der Waals surface area contributed by atoms with Gasteiger partial charge in [-0.25, -0.2) is 14.5 Å². The molecule has 4 N–H and O–H groups in total. The number of ether oxygens (including phenoxy) is 2. The third-order valence-electron chi connectivity index (χ3n) is 9.36. The molecule has 2 aliphatic rings. The summed E-state index contributed by atoms with van der Waals surface area (Å²) < 4.78 is 13.7. The Morgan fingerprint density at radius 2 is 1.76 bits per heavy atom. The second-order valence-electron chi connectivity index (χ2n) is 16.4. The molecule has 1 aliphatic carbocycles. The van der Waals surface area contributed by atoms with Gasteiger partial charge in [0, 0.05) is 48.9 Å². The van der Waals surface area contributed by atoms with E-state index in [1.54, 1.807) is 48.5 Å². The third-order valence-corrected chi connectivity index (χ3v) is 9.36. The van der Waals surface area contributed by atoms with Crippen LogP contribution in [0, 0.1) is 10.8 Å². The van der Waals surface area contributed by atoms with Gasteiger partial charge in [0.1, 0.15) is 29.7 Å². The molecule has 15 nitrogen and oxygen atoms in total. The molecular formula is C39H54N8O7. The highest BCUT2D eigenvalue weighted by Gasteiger charge is 2.46. The van der Waals surface area contributed by atoms with Crippen molar-refractivity contribution in [2.45, 2.75) is 111 Å². The number of Topliss-reactive ketones (excluding diaryl/α,β-unsaturated/α-hetero) is 1. The second-order valence-corrected chi connectivity index (χ2v) is 16.4. The third kappa shape index (κ3) is 10.1. The fraction of sp³-hybridized carbons (Fsp3) is 0.564. The maximum atomic E-state index is 14.6. The standard InChI is InChI=1S/C39H54N8O7/c1-9-11-27(32(48)35(50)42-23-12-13-23)44-34(49)29-19-25(21-46(29)36(51)33(39(5,6)7)45-37(52)40-22-38(2,3)4)54-30-20-31(47-17-10-16-41-47)43-28-18-24(53-8)14-15-26(28)30/h10,14-18,20,23,25,27,29,33H,9,11-13,19,21-22H2,1-8H3,(H,42,50)(H,44,49)(H2,40,45,52)/t25-,27+,29+,33-/m1/s1. The molecule has 1 saturated heterocycles. The highest BCUT2D eigenvalue weighted by molar-refractivity contribution is 6.38. The molecule has 2 aromatic heterocycles. The first-order valence-corrected chi connectivity index (χ1v) is 18.6. The summed E-state index contributed by atoms with van der Waals surface area (Å²) in [5.74, 6) is -0.992. The van der Waals surface area contributed by atoms with Crippen LogP contribution < -0.4 is 30.7 Å². The van der Waals surface area contributed by atoms with Gasteiger partial charge >= 0.3 is 6.03 Å². The molecule has 15 heteroatoms. The van der Waals surface area contributed by atoms with E-state index in [4.69, 9.17) is 14.5 Å². The van der Waals surface area contributed by atoms with Gasteiger partial charge in [0.25, 0.3) is 5.91 Å². The molecule has 5 amide bonds. The second kappa shape index (κ2) is 16.4. The number of nitrogens with zero attached hydrogens (tertiary/aromatic N) is 4. The minimum atomic E-state index is -1.08. The number of nitrogens with one attached hydrogen (secondary N) is 4. The molecule has 0 bridgehead atoms. The van der Waals surface area contributed by atoms with Crippen LogP contribution in [0.15, 0.2) is 42.7 Å². The summed E-state index contributed by atoms with van der Waals surface area (Å²) in [4.78, 5) is 74.1. The Bertz CT molecular complexity index is 1850. The average molecular weight is 747 g/mol. The Labute approximate surface area is 316 Å². The minimum Gasteiger partial charge on any atom is -0.497 e. The van der Waals surface area contributed by atoms with Gasteiger partial charge in [-0.1, -0.05) is 54.9 Å². The molecule has 3 aromatic rings. The lowest BCUT2D eigenvalue weighted by atomic mass is 9.85. The van der Waals surface area contributed by atoms with Crippen LogP contribution in [0.25, 0.3) is 16.7 Å². The smallest absolute Gasteiger partial charge is 0.315 e. The molecule has 1 aliphatic heterocycles. The molecule has 0 unspecified atom stereocenters. The number of rotatable bonds is 14. The van der Waals surface area contributed by atoms with E-state index < -0.39 is 59.2 Å². The molecule has 3 heterocycles. The zero-order valence-corrected chi connectivity index (χ0v) is 32.5. The van der Waals surface area contributed by atoms with E-state index in [0.29, 0.717) is 41.2 Å². The summed E-state index contributed by atoms with van der Waals surface area (Å²) in [5, 5.41) is 16.2. The van der Waals surface area contributed by atoms with Gasteiger partial charge in [0.2, 0.25) is 17.6 Å².